The van der Waals surface area contributed by atoms with E-state index in [1.165, 1.54) is 13.8 Å². The molecule has 2 aliphatic carbocycles. The third kappa shape index (κ3) is 2.13. The van der Waals surface area contributed by atoms with Crippen LogP contribution >= 0.6 is 0 Å². The molecule has 15 heavy (non-hydrogen) atoms. The van der Waals surface area contributed by atoms with Crippen LogP contribution in [0.1, 0.15) is 26.7 Å². The van der Waals surface area contributed by atoms with E-state index in [4.69, 9.17) is 9.47 Å². The van der Waals surface area contributed by atoms with Crippen molar-refractivity contribution in [2.45, 2.75) is 38.9 Å². The van der Waals surface area contributed by atoms with Gasteiger partial charge in [0, 0.05) is 26.2 Å². The maximum Gasteiger partial charge on any atom is 0.302 e. The number of carbonyl (C=O) groups is 2. The molecule has 0 spiro atoms. The first kappa shape index (κ1) is 10.5. The molecule has 0 amide bonds. The summed E-state index contributed by atoms with van der Waals surface area (Å²) >= 11 is 0. The van der Waals surface area contributed by atoms with E-state index in [9.17, 15) is 9.59 Å². The summed E-state index contributed by atoms with van der Waals surface area (Å²) in [5.41, 5.74) is 0. The number of esters is 2. The maximum atomic E-state index is 10.9. The van der Waals surface area contributed by atoms with Gasteiger partial charge in [-0.3, -0.25) is 9.59 Å². The average Bonchev–Trinajstić information content (AvgIpc) is 2.59. The van der Waals surface area contributed by atoms with Gasteiger partial charge in [0.1, 0.15) is 12.2 Å². The van der Waals surface area contributed by atoms with Crippen LogP contribution in [0.2, 0.25) is 0 Å². The molecule has 0 aromatic carbocycles. The van der Waals surface area contributed by atoms with Crippen LogP contribution in [0.3, 0.4) is 0 Å². The van der Waals surface area contributed by atoms with Crippen LogP contribution in [-0.2, 0) is 19.1 Å². The minimum absolute atomic E-state index is 0.0677. The number of hydrogen-bond donors (Lipinski definition) is 0. The number of carbonyl (C=O) groups excluding carboxylic acids is 2. The van der Waals surface area contributed by atoms with Crippen LogP contribution in [0.5, 0.6) is 0 Å². The minimum Gasteiger partial charge on any atom is -0.462 e. The van der Waals surface area contributed by atoms with Crippen LogP contribution in [0, 0.1) is 18.3 Å². The molecule has 0 unspecified atom stereocenters. The average molecular weight is 211 g/mol. The predicted octanol–water partition coefficient (Wildman–Crippen LogP) is 1.09. The van der Waals surface area contributed by atoms with Crippen molar-refractivity contribution in [3.8, 4) is 0 Å². The van der Waals surface area contributed by atoms with Gasteiger partial charge in [0.05, 0.1) is 0 Å². The molecule has 4 heteroatoms. The lowest BCUT2D eigenvalue weighted by Crippen LogP contribution is -2.35. The Balaban J connectivity index is 1.96. The van der Waals surface area contributed by atoms with E-state index in [1.54, 1.807) is 0 Å². The SMILES string of the molecule is CC(=O)O[C@H]1[CH][C@H]2C[C@@H]1[C@H](OC(C)=O)C2. The third-order valence-electron chi connectivity index (χ3n) is 3.09. The maximum absolute atomic E-state index is 10.9. The minimum atomic E-state index is -0.273. The summed E-state index contributed by atoms with van der Waals surface area (Å²) in [6.45, 7) is 2.82. The normalized spacial score (nSPS) is 37.7. The van der Waals surface area contributed by atoms with Gasteiger partial charge in [-0.2, -0.15) is 0 Å². The Morgan fingerprint density at radius 1 is 1.13 bits per heavy atom. The molecule has 2 fully saturated rings. The first-order chi connectivity index (χ1) is 7.06. The van der Waals surface area contributed by atoms with Crippen molar-refractivity contribution in [2.75, 3.05) is 0 Å². The van der Waals surface area contributed by atoms with E-state index >= 15 is 0 Å². The van der Waals surface area contributed by atoms with E-state index in [0.29, 0.717) is 5.92 Å². The second kappa shape index (κ2) is 3.83. The molecular weight excluding hydrogens is 196 g/mol. The van der Waals surface area contributed by atoms with Crippen molar-refractivity contribution in [1.82, 2.24) is 0 Å². The predicted molar refractivity (Wildman–Crippen MR) is 51.6 cm³/mol. The van der Waals surface area contributed by atoms with Gasteiger partial charge in [-0.15, -0.1) is 0 Å². The first-order valence-corrected chi connectivity index (χ1v) is 5.25. The van der Waals surface area contributed by atoms with E-state index in [1.807, 2.05) is 0 Å². The highest BCUT2D eigenvalue weighted by Crippen LogP contribution is 2.46. The monoisotopic (exact) mass is 211 g/mol. The van der Waals surface area contributed by atoms with E-state index < -0.39 is 0 Å². The molecule has 0 aromatic heterocycles. The van der Waals surface area contributed by atoms with E-state index in [0.717, 1.165) is 12.8 Å². The molecule has 1 radical (unpaired) electrons. The fourth-order valence-corrected chi connectivity index (χ4v) is 2.65. The lowest BCUT2D eigenvalue weighted by Gasteiger charge is -2.28. The Morgan fingerprint density at radius 3 is 2.33 bits per heavy atom. The molecule has 4 nitrogen and oxygen atoms in total. The van der Waals surface area contributed by atoms with Gasteiger partial charge in [0.25, 0.3) is 0 Å². The van der Waals surface area contributed by atoms with Gasteiger partial charge in [0.2, 0.25) is 0 Å². The molecule has 0 heterocycles. The van der Waals surface area contributed by atoms with Gasteiger partial charge < -0.3 is 9.47 Å². The number of hydrogen-bond acceptors (Lipinski definition) is 4. The van der Waals surface area contributed by atoms with Gasteiger partial charge in [-0.05, 0) is 18.8 Å². The highest BCUT2D eigenvalue weighted by atomic mass is 16.6. The molecule has 0 aromatic rings. The van der Waals surface area contributed by atoms with Crippen LogP contribution in [0.25, 0.3) is 0 Å². The molecular formula is C11H15O4. The quantitative estimate of drug-likeness (QED) is 0.642. The number of rotatable bonds is 2. The first-order valence-electron chi connectivity index (χ1n) is 5.25. The van der Waals surface area contributed by atoms with Crippen molar-refractivity contribution in [3.05, 3.63) is 6.42 Å². The second-order valence-electron chi connectivity index (χ2n) is 4.31. The molecule has 2 rings (SSSR count). The summed E-state index contributed by atoms with van der Waals surface area (Å²) < 4.78 is 10.4. The summed E-state index contributed by atoms with van der Waals surface area (Å²) in [4.78, 5) is 21.7. The van der Waals surface area contributed by atoms with Gasteiger partial charge in [0.15, 0.2) is 0 Å². The number of fused-ring (bicyclic) bond motifs is 2. The van der Waals surface area contributed by atoms with Gasteiger partial charge in [-0.1, -0.05) is 0 Å². The Morgan fingerprint density at radius 2 is 1.80 bits per heavy atom. The zero-order valence-electron chi connectivity index (χ0n) is 8.93. The summed E-state index contributed by atoms with van der Waals surface area (Å²) in [5, 5.41) is 0. The Labute approximate surface area is 88.9 Å². The van der Waals surface area contributed by atoms with Gasteiger partial charge >= 0.3 is 11.9 Å². The number of ether oxygens (including phenoxy) is 2. The fraction of sp³-hybridized carbons (Fsp3) is 0.727. The Bertz CT molecular complexity index is 260. The lowest BCUT2D eigenvalue weighted by molar-refractivity contribution is -0.156. The summed E-state index contributed by atoms with van der Waals surface area (Å²) in [7, 11) is 0. The van der Waals surface area contributed by atoms with Gasteiger partial charge in [-0.25, -0.2) is 0 Å². The van der Waals surface area contributed by atoms with Crippen LogP contribution in [0.15, 0.2) is 0 Å². The topological polar surface area (TPSA) is 52.6 Å². The largest absolute Gasteiger partial charge is 0.462 e. The molecule has 2 aliphatic rings. The smallest absolute Gasteiger partial charge is 0.302 e. The highest BCUT2D eigenvalue weighted by molar-refractivity contribution is 5.67. The highest BCUT2D eigenvalue weighted by Gasteiger charge is 2.49. The molecule has 2 saturated carbocycles. The van der Waals surface area contributed by atoms with Crippen LogP contribution in [-0.4, -0.2) is 24.1 Å². The summed E-state index contributed by atoms with van der Waals surface area (Å²) in [5.74, 6) is 0.0750. The lowest BCUT2D eigenvalue weighted by atomic mass is 9.94. The summed E-state index contributed by atoms with van der Waals surface area (Å²) in [6, 6.07) is 0. The zero-order chi connectivity index (χ0) is 11.0. The Hall–Kier alpha value is -1.06. The zero-order valence-corrected chi connectivity index (χ0v) is 8.93. The molecule has 0 aliphatic heterocycles. The van der Waals surface area contributed by atoms with Crippen molar-refractivity contribution >= 4 is 11.9 Å². The van der Waals surface area contributed by atoms with Crippen molar-refractivity contribution in [1.29, 1.82) is 0 Å². The van der Waals surface area contributed by atoms with E-state index in [2.05, 4.69) is 6.42 Å². The van der Waals surface area contributed by atoms with Crippen molar-refractivity contribution < 1.29 is 19.1 Å². The molecule has 83 valence electrons. The molecule has 0 saturated heterocycles. The fourth-order valence-electron chi connectivity index (χ4n) is 2.65. The molecule has 2 bridgehead atoms. The van der Waals surface area contributed by atoms with Crippen LogP contribution in [0.4, 0.5) is 0 Å². The molecule has 4 atom stereocenters. The second-order valence-corrected chi connectivity index (χ2v) is 4.31. The van der Waals surface area contributed by atoms with Crippen LogP contribution < -0.4 is 0 Å². The standard InChI is InChI=1S/C11H15O4/c1-6(12)14-10-4-8-3-9(10)11(5-8)15-7(2)13/h4,8-11H,3,5H2,1-2H3/t8-,9+,10+,11-/m1/s1. The Kier molecular flexibility index (Phi) is 2.67. The summed E-state index contributed by atoms with van der Waals surface area (Å²) in [6.07, 6.45) is 3.68. The van der Waals surface area contributed by atoms with Crippen molar-refractivity contribution in [2.24, 2.45) is 11.8 Å². The van der Waals surface area contributed by atoms with Crippen molar-refractivity contribution in [3.63, 3.8) is 0 Å². The third-order valence-corrected chi connectivity index (χ3v) is 3.09. The van der Waals surface area contributed by atoms with E-state index in [-0.39, 0.29) is 30.1 Å². The molecule has 0 N–H and O–H groups in total.